The quantitative estimate of drug-likeness (QED) is 0.301. The van der Waals surface area contributed by atoms with E-state index in [1.54, 1.807) is 28.4 Å². The van der Waals surface area contributed by atoms with Crippen LogP contribution in [0.4, 0.5) is 0 Å². The number of piperidine rings is 2. The molecular weight excluding hydrogens is 556 g/mol. The summed E-state index contributed by atoms with van der Waals surface area (Å²) in [5.41, 5.74) is 3.03. The lowest BCUT2D eigenvalue weighted by molar-refractivity contribution is 0.0590. The molecule has 3 aliphatic rings. The van der Waals surface area contributed by atoms with E-state index in [4.69, 9.17) is 23.7 Å². The first-order valence-corrected chi connectivity index (χ1v) is 15.2. The minimum atomic E-state index is 0. The van der Waals surface area contributed by atoms with Crippen molar-refractivity contribution < 1.29 is 28.5 Å². The van der Waals surface area contributed by atoms with E-state index in [0.717, 1.165) is 85.6 Å². The number of amides is 1. The van der Waals surface area contributed by atoms with Crippen LogP contribution in [0.15, 0.2) is 24.3 Å². The van der Waals surface area contributed by atoms with Crippen LogP contribution in [0.3, 0.4) is 0 Å². The second-order valence-electron chi connectivity index (χ2n) is 11.5. The van der Waals surface area contributed by atoms with Crippen molar-refractivity contribution in [1.82, 2.24) is 9.80 Å². The van der Waals surface area contributed by atoms with Crippen LogP contribution in [0.5, 0.6) is 28.7 Å². The van der Waals surface area contributed by atoms with Crippen molar-refractivity contribution in [3.05, 3.63) is 41.0 Å². The highest BCUT2D eigenvalue weighted by atomic mass is 35.5. The van der Waals surface area contributed by atoms with Crippen molar-refractivity contribution in [2.75, 3.05) is 61.2 Å². The number of likely N-dealkylation sites (tertiary alicyclic amines) is 2. The van der Waals surface area contributed by atoms with Crippen LogP contribution in [0.2, 0.25) is 0 Å². The summed E-state index contributed by atoms with van der Waals surface area (Å²) in [7, 11) is 6.58. The summed E-state index contributed by atoms with van der Waals surface area (Å²) in [5.74, 6) is 4.04. The molecule has 2 aromatic carbocycles. The van der Waals surface area contributed by atoms with Gasteiger partial charge in [-0.25, -0.2) is 0 Å². The normalized spacial score (nSPS) is 17.8. The van der Waals surface area contributed by atoms with Crippen molar-refractivity contribution in [3.63, 3.8) is 0 Å². The van der Waals surface area contributed by atoms with Crippen molar-refractivity contribution in [1.29, 1.82) is 0 Å². The average Bonchev–Trinajstić information content (AvgIpc) is 3.45. The van der Waals surface area contributed by atoms with Crippen LogP contribution in [-0.2, 0) is 12.8 Å². The molecule has 1 aliphatic carbocycles. The van der Waals surface area contributed by atoms with Gasteiger partial charge in [-0.3, -0.25) is 4.79 Å². The van der Waals surface area contributed by atoms with E-state index < -0.39 is 0 Å². The molecule has 5 rings (SSSR count). The molecule has 0 unspecified atom stereocenters. The Kier molecular flexibility index (Phi) is 11.5. The third-order valence-corrected chi connectivity index (χ3v) is 9.12. The predicted molar refractivity (Wildman–Crippen MR) is 166 cm³/mol. The molecule has 0 aromatic heterocycles. The second kappa shape index (κ2) is 15.1. The highest BCUT2D eigenvalue weighted by molar-refractivity contribution is 5.94. The van der Waals surface area contributed by atoms with Crippen LogP contribution in [0.25, 0.3) is 0 Å². The number of hydrogen-bond acceptors (Lipinski definition) is 7. The van der Waals surface area contributed by atoms with Crippen LogP contribution >= 0.6 is 12.4 Å². The summed E-state index contributed by atoms with van der Waals surface area (Å²) in [6.07, 6.45) is 9.93. The average molecular weight is 603 g/mol. The van der Waals surface area contributed by atoms with Crippen molar-refractivity contribution in [3.8, 4) is 28.7 Å². The standard InChI is InChI=1S/C33H46N2O6.ClH/c1-37-29-27-21-23(22-28(27)30(38-2)32(40-4)31(29)39-3)9-8-20-41-26-12-10-24(11-13-26)33(36)35-18-14-25(15-19-35)34-16-6-5-7-17-34;/h10-13,23,25H,5-9,14-22H2,1-4H3;1H. The van der Waals surface area contributed by atoms with Gasteiger partial charge in [0.2, 0.25) is 11.5 Å². The van der Waals surface area contributed by atoms with Gasteiger partial charge in [0.25, 0.3) is 5.91 Å². The Labute approximate surface area is 257 Å². The Bertz CT molecular complexity index is 1140. The highest BCUT2D eigenvalue weighted by Gasteiger charge is 2.34. The first-order valence-electron chi connectivity index (χ1n) is 15.2. The lowest BCUT2D eigenvalue weighted by Gasteiger charge is -2.40. The molecule has 1 amide bonds. The number of hydrogen-bond donors (Lipinski definition) is 0. The van der Waals surface area contributed by atoms with E-state index in [1.165, 1.54) is 32.4 Å². The maximum absolute atomic E-state index is 13.1. The van der Waals surface area contributed by atoms with E-state index in [0.29, 0.717) is 30.1 Å². The number of rotatable bonds is 11. The monoisotopic (exact) mass is 602 g/mol. The zero-order chi connectivity index (χ0) is 28.8. The van der Waals surface area contributed by atoms with E-state index in [9.17, 15) is 4.79 Å². The number of methoxy groups -OCH3 is 4. The number of benzene rings is 2. The Morgan fingerprint density at radius 1 is 0.762 bits per heavy atom. The summed E-state index contributed by atoms with van der Waals surface area (Å²) < 4.78 is 28.8. The molecule has 42 heavy (non-hydrogen) atoms. The van der Waals surface area contributed by atoms with Gasteiger partial charge in [-0.1, -0.05) is 6.42 Å². The van der Waals surface area contributed by atoms with Gasteiger partial charge in [0.05, 0.1) is 35.0 Å². The van der Waals surface area contributed by atoms with Gasteiger partial charge in [-0.2, -0.15) is 0 Å². The molecule has 2 aromatic rings. The molecular formula is C33H47ClN2O6. The maximum atomic E-state index is 13.1. The highest BCUT2D eigenvalue weighted by Crippen LogP contribution is 2.53. The van der Waals surface area contributed by atoms with Crippen LogP contribution < -0.4 is 23.7 Å². The van der Waals surface area contributed by atoms with Gasteiger partial charge in [0.1, 0.15) is 5.75 Å². The first-order chi connectivity index (χ1) is 20.1. The number of carbonyl (C=O) groups is 1. The Morgan fingerprint density at radius 3 is 1.83 bits per heavy atom. The van der Waals surface area contributed by atoms with Crippen molar-refractivity contribution in [2.45, 2.75) is 63.8 Å². The summed E-state index contributed by atoms with van der Waals surface area (Å²) >= 11 is 0. The zero-order valence-corrected chi connectivity index (χ0v) is 26.4. The number of fused-ring (bicyclic) bond motifs is 1. The number of halogens is 1. The van der Waals surface area contributed by atoms with Gasteiger partial charge >= 0.3 is 0 Å². The molecule has 0 saturated carbocycles. The number of ether oxygens (including phenoxy) is 5. The summed E-state index contributed by atoms with van der Waals surface area (Å²) in [4.78, 5) is 17.8. The topological polar surface area (TPSA) is 69.7 Å². The van der Waals surface area contributed by atoms with Crippen molar-refractivity contribution in [2.24, 2.45) is 5.92 Å². The van der Waals surface area contributed by atoms with Gasteiger partial charge in [-0.05, 0) is 94.6 Å². The van der Waals surface area contributed by atoms with Gasteiger partial charge in [-0.15, -0.1) is 12.4 Å². The SMILES string of the molecule is COc1c2c(c(OC)c(OC)c1OC)CC(CCCOc1ccc(C(=O)N3CCC(N4CCCCC4)CC3)cc1)C2.Cl. The molecule has 0 spiro atoms. The molecule has 0 N–H and O–H groups in total. The molecule has 9 heteroatoms. The fourth-order valence-corrected chi connectivity index (χ4v) is 7.00. The minimum absolute atomic E-state index is 0. The fourth-order valence-electron chi connectivity index (χ4n) is 7.00. The molecule has 2 saturated heterocycles. The second-order valence-corrected chi connectivity index (χ2v) is 11.5. The summed E-state index contributed by atoms with van der Waals surface area (Å²) in [6, 6.07) is 8.30. The van der Waals surface area contributed by atoms with E-state index in [-0.39, 0.29) is 18.3 Å². The number of nitrogens with zero attached hydrogens (tertiary/aromatic N) is 2. The van der Waals surface area contributed by atoms with E-state index in [2.05, 4.69) is 4.90 Å². The molecule has 0 radical (unpaired) electrons. The molecule has 0 atom stereocenters. The predicted octanol–water partition coefficient (Wildman–Crippen LogP) is 5.81. The number of carbonyl (C=O) groups excluding carboxylic acids is 1. The van der Waals surface area contributed by atoms with Gasteiger partial charge < -0.3 is 33.5 Å². The fraction of sp³-hybridized carbons (Fsp3) is 0.606. The lowest BCUT2D eigenvalue weighted by atomic mass is 9.99. The van der Waals surface area contributed by atoms with E-state index >= 15 is 0 Å². The molecule has 2 fully saturated rings. The minimum Gasteiger partial charge on any atom is -0.494 e. The maximum Gasteiger partial charge on any atom is 0.253 e. The molecule has 8 nitrogen and oxygen atoms in total. The van der Waals surface area contributed by atoms with Gasteiger partial charge in [0.15, 0.2) is 11.5 Å². The Balaban J connectivity index is 0.00000405. The molecule has 2 heterocycles. The Hall–Kier alpha value is -2.84. The first kappa shape index (κ1) is 32.1. The third kappa shape index (κ3) is 6.86. The molecule has 2 aliphatic heterocycles. The Morgan fingerprint density at radius 2 is 1.31 bits per heavy atom. The molecule has 0 bridgehead atoms. The van der Waals surface area contributed by atoms with Gasteiger partial charge in [0, 0.05) is 35.8 Å². The summed E-state index contributed by atoms with van der Waals surface area (Å²) in [6.45, 7) is 4.77. The van der Waals surface area contributed by atoms with Crippen molar-refractivity contribution >= 4 is 18.3 Å². The smallest absolute Gasteiger partial charge is 0.253 e. The van der Waals surface area contributed by atoms with Crippen LogP contribution in [0.1, 0.15) is 66.4 Å². The van der Waals surface area contributed by atoms with Crippen LogP contribution in [0, 0.1) is 5.92 Å². The zero-order valence-electron chi connectivity index (χ0n) is 25.6. The molecule has 232 valence electrons. The summed E-state index contributed by atoms with van der Waals surface area (Å²) in [5, 5.41) is 0. The lowest BCUT2D eigenvalue weighted by Crippen LogP contribution is -2.48. The largest absolute Gasteiger partial charge is 0.494 e. The third-order valence-electron chi connectivity index (χ3n) is 9.12. The van der Waals surface area contributed by atoms with Crippen LogP contribution in [-0.4, -0.2) is 83.0 Å². The van der Waals surface area contributed by atoms with E-state index in [1.807, 2.05) is 29.2 Å².